The number of benzene rings is 3. The molecule has 180 valence electrons. The lowest BCUT2D eigenvalue weighted by Gasteiger charge is -2.18. The van der Waals surface area contributed by atoms with Gasteiger partial charge >= 0.3 is 0 Å². The molecular formula is C26H14Cl4N2O4. The van der Waals surface area contributed by atoms with Gasteiger partial charge in [-0.2, -0.15) is 10.5 Å². The highest BCUT2D eigenvalue weighted by Crippen LogP contribution is 2.42. The van der Waals surface area contributed by atoms with Crippen molar-refractivity contribution in [2.75, 3.05) is 6.79 Å². The lowest BCUT2D eigenvalue weighted by atomic mass is 9.83. The number of phenolic OH excluding ortho intramolecular Hbond substituents is 2. The van der Waals surface area contributed by atoms with Gasteiger partial charge in [0, 0.05) is 32.3 Å². The van der Waals surface area contributed by atoms with Gasteiger partial charge in [-0.05, 0) is 54.1 Å². The third-order valence-electron chi connectivity index (χ3n) is 5.35. The van der Waals surface area contributed by atoms with Crippen LogP contribution in [-0.2, 0) is 0 Å². The molecule has 3 aromatic rings. The van der Waals surface area contributed by atoms with Gasteiger partial charge in [-0.3, -0.25) is 0 Å². The Morgan fingerprint density at radius 3 is 1.78 bits per heavy atom. The number of halogens is 4. The van der Waals surface area contributed by atoms with Crippen LogP contribution in [0.4, 0.5) is 0 Å². The lowest BCUT2D eigenvalue weighted by molar-refractivity contribution is 0.174. The van der Waals surface area contributed by atoms with Crippen molar-refractivity contribution in [1.82, 2.24) is 0 Å². The van der Waals surface area contributed by atoms with Crippen molar-refractivity contribution in [1.29, 1.82) is 10.5 Å². The second-order valence-corrected chi connectivity index (χ2v) is 9.31. The topological polar surface area (TPSA) is 107 Å². The summed E-state index contributed by atoms with van der Waals surface area (Å²) >= 11 is 24.3. The number of hydrogen-bond donors (Lipinski definition) is 2. The number of ether oxygens (including phenoxy) is 2. The fraction of sp³-hybridized carbons (Fsp3) is 0.0769. The Hall–Kier alpha value is -3.52. The number of rotatable bonds is 5. The predicted octanol–water partition coefficient (Wildman–Crippen LogP) is 7.74. The van der Waals surface area contributed by atoms with Crippen LogP contribution in [0.1, 0.15) is 22.6 Å². The van der Waals surface area contributed by atoms with E-state index in [-0.39, 0.29) is 60.7 Å². The Bertz CT molecular complexity index is 1430. The van der Waals surface area contributed by atoms with Gasteiger partial charge < -0.3 is 19.7 Å². The second-order valence-electron chi connectivity index (χ2n) is 7.62. The van der Waals surface area contributed by atoms with Crippen LogP contribution in [0.3, 0.4) is 0 Å². The first kappa shape index (κ1) is 25.6. The highest BCUT2D eigenvalue weighted by molar-refractivity contribution is 6.36. The van der Waals surface area contributed by atoms with Crippen LogP contribution in [-0.4, -0.2) is 17.0 Å². The van der Waals surface area contributed by atoms with E-state index in [1.165, 1.54) is 36.4 Å². The third kappa shape index (κ3) is 5.18. The van der Waals surface area contributed by atoms with Crippen molar-refractivity contribution in [3.63, 3.8) is 0 Å². The van der Waals surface area contributed by atoms with E-state index >= 15 is 0 Å². The van der Waals surface area contributed by atoms with Gasteiger partial charge in [0.15, 0.2) is 11.5 Å². The largest absolute Gasteiger partial charge is 0.506 e. The van der Waals surface area contributed by atoms with Crippen LogP contribution in [0, 0.1) is 22.7 Å². The number of nitrogens with zero attached hydrogens (tertiary/aromatic N) is 2. The van der Waals surface area contributed by atoms with E-state index < -0.39 is 5.92 Å². The maximum atomic E-state index is 10.5. The molecule has 3 aromatic carbocycles. The summed E-state index contributed by atoms with van der Waals surface area (Å²) in [7, 11) is 0. The molecule has 0 fully saturated rings. The molecule has 0 saturated carbocycles. The van der Waals surface area contributed by atoms with E-state index in [1.807, 2.05) is 0 Å². The molecule has 0 amide bonds. The number of aromatic hydroxyl groups is 2. The van der Waals surface area contributed by atoms with Crippen molar-refractivity contribution < 1.29 is 19.7 Å². The molecule has 1 aliphatic heterocycles. The van der Waals surface area contributed by atoms with E-state index in [0.717, 1.165) is 0 Å². The zero-order valence-electron chi connectivity index (χ0n) is 18.1. The molecule has 1 aliphatic rings. The SMILES string of the molecule is N#C/C(=C/c1cc(Cl)cc(Cl)c1O)C(/C(C#N)=C\c1cc(Cl)cc(Cl)c1O)c1ccc2c(c1)OCO2. The summed E-state index contributed by atoms with van der Waals surface area (Å²) in [6, 6.07) is 14.8. The zero-order valence-corrected chi connectivity index (χ0v) is 21.1. The minimum atomic E-state index is -0.955. The maximum absolute atomic E-state index is 10.5. The predicted molar refractivity (Wildman–Crippen MR) is 139 cm³/mol. The molecule has 0 radical (unpaired) electrons. The average molecular weight is 560 g/mol. The molecule has 0 saturated heterocycles. The maximum Gasteiger partial charge on any atom is 0.231 e. The van der Waals surface area contributed by atoms with Crippen molar-refractivity contribution in [3.8, 4) is 35.1 Å². The average Bonchev–Trinajstić information content (AvgIpc) is 3.31. The quantitative estimate of drug-likeness (QED) is 0.310. The Morgan fingerprint density at radius 1 is 0.778 bits per heavy atom. The van der Waals surface area contributed by atoms with E-state index in [2.05, 4.69) is 12.1 Å². The minimum absolute atomic E-state index is 0.000194. The molecule has 4 rings (SSSR count). The Kier molecular flexibility index (Phi) is 7.54. The second kappa shape index (κ2) is 10.6. The molecule has 1 heterocycles. The molecule has 0 spiro atoms. The normalized spacial score (nSPS) is 13.7. The summed E-state index contributed by atoms with van der Waals surface area (Å²) in [5.41, 5.74) is 1.02. The third-order valence-corrected chi connectivity index (χ3v) is 6.36. The van der Waals surface area contributed by atoms with E-state index in [0.29, 0.717) is 17.1 Å². The first-order valence-corrected chi connectivity index (χ1v) is 11.7. The molecule has 0 atom stereocenters. The summed E-state index contributed by atoms with van der Waals surface area (Å²) in [6.07, 6.45) is 2.77. The number of fused-ring (bicyclic) bond motifs is 1. The Balaban J connectivity index is 1.95. The van der Waals surface area contributed by atoms with Crippen LogP contribution in [0.5, 0.6) is 23.0 Å². The van der Waals surface area contributed by atoms with Crippen molar-refractivity contribution >= 4 is 58.6 Å². The fourth-order valence-electron chi connectivity index (χ4n) is 3.71. The highest BCUT2D eigenvalue weighted by atomic mass is 35.5. The van der Waals surface area contributed by atoms with Gasteiger partial charge in [-0.25, -0.2) is 0 Å². The van der Waals surface area contributed by atoms with Gasteiger partial charge in [0.1, 0.15) is 11.5 Å². The van der Waals surface area contributed by atoms with E-state index in [9.17, 15) is 20.7 Å². The number of allylic oxidation sites excluding steroid dienone is 2. The first-order valence-electron chi connectivity index (χ1n) is 10.2. The lowest BCUT2D eigenvalue weighted by Crippen LogP contribution is -2.05. The smallest absolute Gasteiger partial charge is 0.231 e. The van der Waals surface area contributed by atoms with Crippen LogP contribution >= 0.6 is 46.4 Å². The van der Waals surface area contributed by atoms with Crippen molar-refractivity contribution in [3.05, 3.63) is 90.4 Å². The summed E-state index contributed by atoms with van der Waals surface area (Å²) in [5.74, 6) is -0.556. The Morgan fingerprint density at radius 2 is 1.28 bits per heavy atom. The first-order chi connectivity index (χ1) is 17.2. The highest BCUT2D eigenvalue weighted by Gasteiger charge is 2.26. The van der Waals surface area contributed by atoms with Crippen LogP contribution in [0.25, 0.3) is 12.2 Å². The summed E-state index contributed by atoms with van der Waals surface area (Å²) in [6.45, 7) is 0.0368. The number of hydrogen-bond acceptors (Lipinski definition) is 6. The fourth-order valence-corrected chi connectivity index (χ4v) is 4.72. The molecular weight excluding hydrogens is 546 g/mol. The van der Waals surface area contributed by atoms with Crippen LogP contribution in [0.2, 0.25) is 20.1 Å². The van der Waals surface area contributed by atoms with E-state index in [1.54, 1.807) is 18.2 Å². The van der Waals surface area contributed by atoms with Gasteiger partial charge in [0.25, 0.3) is 0 Å². The van der Waals surface area contributed by atoms with Gasteiger partial charge in [0.05, 0.1) is 28.1 Å². The number of nitriles is 2. The van der Waals surface area contributed by atoms with E-state index in [4.69, 9.17) is 55.9 Å². The molecule has 0 bridgehead atoms. The summed E-state index contributed by atoms with van der Waals surface area (Å²) in [5, 5.41) is 41.7. The molecule has 2 N–H and O–H groups in total. The summed E-state index contributed by atoms with van der Waals surface area (Å²) < 4.78 is 10.9. The number of phenols is 2. The molecule has 0 unspecified atom stereocenters. The van der Waals surface area contributed by atoms with Crippen LogP contribution in [0.15, 0.2) is 53.6 Å². The van der Waals surface area contributed by atoms with Crippen LogP contribution < -0.4 is 9.47 Å². The molecule has 0 aromatic heterocycles. The van der Waals surface area contributed by atoms with Crippen molar-refractivity contribution in [2.24, 2.45) is 0 Å². The van der Waals surface area contributed by atoms with Crippen molar-refractivity contribution in [2.45, 2.75) is 5.92 Å². The van der Waals surface area contributed by atoms with Gasteiger partial charge in [-0.15, -0.1) is 0 Å². The molecule has 0 aliphatic carbocycles. The molecule has 10 heteroatoms. The minimum Gasteiger partial charge on any atom is -0.506 e. The standard InChI is InChI=1S/C26H14Cl4N2O4/c27-18-5-14(25(33)20(29)8-18)3-16(10-31)24(13-1-2-22-23(7-13)36-12-35-22)17(11-32)4-15-6-19(28)9-21(30)26(15)34/h1-9,24,33-34H,12H2/b16-3-,17-4-. The molecule has 36 heavy (non-hydrogen) atoms. The zero-order chi connectivity index (χ0) is 26.0. The molecule has 6 nitrogen and oxygen atoms in total. The van der Waals surface area contributed by atoms with Gasteiger partial charge in [-0.1, -0.05) is 52.5 Å². The Labute approximate surface area is 226 Å². The summed E-state index contributed by atoms with van der Waals surface area (Å²) in [4.78, 5) is 0. The monoisotopic (exact) mass is 558 g/mol. The van der Waals surface area contributed by atoms with Gasteiger partial charge in [0.2, 0.25) is 6.79 Å².